The van der Waals surface area contributed by atoms with E-state index in [2.05, 4.69) is 41.0 Å². The van der Waals surface area contributed by atoms with Crippen molar-refractivity contribution in [3.05, 3.63) is 156 Å². The Hall–Kier alpha value is -4.57. The van der Waals surface area contributed by atoms with Crippen molar-refractivity contribution in [3.8, 4) is 11.3 Å². The van der Waals surface area contributed by atoms with Crippen LogP contribution in [0.2, 0.25) is 0 Å². The van der Waals surface area contributed by atoms with Crippen LogP contribution in [0.5, 0.6) is 0 Å². The van der Waals surface area contributed by atoms with Crippen molar-refractivity contribution in [1.29, 1.82) is 0 Å². The Morgan fingerprint density at radius 3 is 1.88 bits per heavy atom. The lowest BCUT2D eigenvalue weighted by Crippen LogP contribution is -2.36. The lowest BCUT2D eigenvalue weighted by atomic mass is 9.77. The van der Waals surface area contributed by atoms with Crippen molar-refractivity contribution in [2.75, 3.05) is 0 Å². The van der Waals surface area contributed by atoms with E-state index >= 15 is 4.39 Å². The predicted octanol–water partition coefficient (Wildman–Crippen LogP) is 8.69. The number of halogens is 1. The molecule has 1 aromatic heterocycles. The van der Waals surface area contributed by atoms with Gasteiger partial charge in [0.15, 0.2) is 5.78 Å². The highest BCUT2D eigenvalue weighted by atomic mass is 19.1. The van der Waals surface area contributed by atoms with Crippen LogP contribution in [-0.2, 0) is 10.3 Å². The second kappa shape index (κ2) is 11.9. The molecule has 1 fully saturated rings. The second-order valence-corrected chi connectivity index (χ2v) is 10.7. The SMILES string of the molecule is O=C(/C=C/c1c(F)cccc1-c1cn(C(c2ccccc2)(c2ccccc2)c2ccccc2)cn1)C1CCCCC1. The monoisotopic (exact) mass is 540 g/mol. The van der Waals surface area contributed by atoms with Gasteiger partial charge in [0.25, 0.3) is 0 Å². The molecule has 0 atom stereocenters. The molecule has 1 saturated carbocycles. The first-order valence-electron chi connectivity index (χ1n) is 14.4. The van der Waals surface area contributed by atoms with E-state index < -0.39 is 5.54 Å². The fourth-order valence-corrected chi connectivity index (χ4v) is 6.25. The predicted molar refractivity (Wildman–Crippen MR) is 163 cm³/mol. The Labute approximate surface area is 241 Å². The number of carbonyl (C=O) groups excluding carboxylic acids is 1. The number of ketones is 1. The second-order valence-electron chi connectivity index (χ2n) is 10.7. The normalized spacial score (nSPS) is 14.4. The first-order chi connectivity index (χ1) is 20.2. The molecule has 0 bridgehead atoms. The van der Waals surface area contributed by atoms with Crippen molar-refractivity contribution in [1.82, 2.24) is 9.55 Å². The van der Waals surface area contributed by atoms with E-state index in [1.807, 2.05) is 73.2 Å². The third kappa shape index (κ3) is 5.18. The zero-order valence-electron chi connectivity index (χ0n) is 23.0. The molecule has 1 aliphatic rings. The van der Waals surface area contributed by atoms with Crippen LogP contribution in [-0.4, -0.2) is 15.3 Å². The molecule has 4 aromatic carbocycles. The Kier molecular flexibility index (Phi) is 7.73. The molecule has 0 spiro atoms. The number of nitrogens with zero attached hydrogens (tertiary/aromatic N) is 2. The Balaban J connectivity index is 1.48. The van der Waals surface area contributed by atoms with Crippen molar-refractivity contribution in [2.24, 2.45) is 5.92 Å². The van der Waals surface area contributed by atoms with Crippen molar-refractivity contribution in [2.45, 2.75) is 37.6 Å². The summed E-state index contributed by atoms with van der Waals surface area (Å²) in [6, 6.07) is 36.1. The van der Waals surface area contributed by atoms with Gasteiger partial charge in [0.1, 0.15) is 11.4 Å². The van der Waals surface area contributed by atoms with E-state index in [4.69, 9.17) is 4.98 Å². The molecule has 0 saturated heterocycles. The van der Waals surface area contributed by atoms with Crippen LogP contribution < -0.4 is 0 Å². The molecule has 6 rings (SSSR count). The molecular formula is C37H33FN2O. The third-order valence-corrected chi connectivity index (χ3v) is 8.30. The molecule has 0 aliphatic heterocycles. The number of aromatic nitrogens is 2. The first-order valence-corrected chi connectivity index (χ1v) is 14.4. The molecule has 5 aromatic rings. The van der Waals surface area contributed by atoms with Gasteiger partial charge in [-0.2, -0.15) is 0 Å². The van der Waals surface area contributed by atoms with E-state index in [1.165, 1.54) is 12.5 Å². The average molecular weight is 541 g/mol. The minimum atomic E-state index is -0.713. The van der Waals surface area contributed by atoms with Gasteiger partial charge < -0.3 is 4.57 Å². The van der Waals surface area contributed by atoms with Gasteiger partial charge in [0.05, 0.1) is 12.0 Å². The lowest BCUT2D eigenvalue weighted by molar-refractivity contribution is -0.119. The van der Waals surface area contributed by atoms with Crippen molar-refractivity contribution in [3.63, 3.8) is 0 Å². The van der Waals surface area contributed by atoms with Gasteiger partial charge in [-0.05, 0) is 47.8 Å². The molecule has 0 N–H and O–H groups in total. The van der Waals surface area contributed by atoms with Gasteiger partial charge in [0.2, 0.25) is 0 Å². The summed E-state index contributed by atoms with van der Waals surface area (Å²) in [6.07, 6.45) is 12.2. The van der Waals surface area contributed by atoms with Crippen LogP contribution in [0, 0.1) is 11.7 Å². The molecule has 4 heteroatoms. The molecule has 0 radical (unpaired) electrons. The first kappa shape index (κ1) is 26.6. The number of rotatable bonds is 8. The fraction of sp³-hybridized carbons (Fsp3) is 0.189. The van der Waals surface area contributed by atoms with Gasteiger partial charge in [-0.1, -0.05) is 122 Å². The Bertz CT molecular complexity index is 1540. The number of hydrogen-bond acceptors (Lipinski definition) is 2. The molecule has 3 nitrogen and oxygen atoms in total. The maximum absolute atomic E-state index is 15.3. The summed E-state index contributed by atoms with van der Waals surface area (Å²) in [6.45, 7) is 0. The van der Waals surface area contributed by atoms with Crippen LogP contribution in [0.1, 0.15) is 54.4 Å². The summed E-state index contributed by atoms with van der Waals surface area (Å²) in [5.74, 6) is -0.247. The fourth-order valence-electron chi connectivity index (χ4n) is 6.25. The van der Waals surface area contributed by atoms with Crippen molar-refractivity contribution >= 4 is 11.9 Å². The van der Waals surface area contributed by atoms with Crippen LogP contribution in [0.25, 0.3) is 17.3 Å². The summed E-state index contributed by atoms with van der Waals surface area (Å²) in [4.78, 5) is 17.7. The third-order valence-electron chi connectivity index (χ3n) is 8.30. The van der Waals surface area contributed by atoms with Gasteiger partial charge in [0, 0.05) is 23.2 Å². The van der Waals surface area contributed by atoms with Crippen molar-refractivity contribution < 1.29 is 9.18 Å². The Morgan fingerprint density at radius 2 is 1.32 bits per heavy atom. The highest BCUT2D eigenvalue weighted by Crippen LogP contribution is 2.41. The van der Waals surface area contributed by atoms with E-state index in [-0.39, 0.29) is 17.5 Å². The number of carbonyl (C=O) groups is 1. The molecule has 0 unspecified atom stereocenters. The molecular weight excluding hydrogens is 507 g/mol. The van der Waals surface area contributed by atoms with E-state index in [0.29, 0.717) is 16.8 Å². The van der Waals surface area contributed by atoms with E-state index in [1.54, 1.807) is 18.2 Å². The van der Waals surface area contributed by atoms with Gasteiger partial charge in [-0.15, -0.1) is 0 Å². The summed E-state index contributed by atoms with van der Waals surface area (Å²) in [5.41, 5.74) is 4.21. The molecule has 41 heavy (non-hydrogen) atoms. The summed E-state index contributed by atoms with van der Waals surface area (Å²) in [7, 11) is 0. The minimum Gasteiger partial charge on any atom is -0.318 e. The van der Waals surface area contributed by atoms with Crippen LogP contribution in [0.15, 0.2) is 128 Å². The molecule has 204 valence electrons. The van der Waals surface area contributed by atoms with E-state index in [0.717, 1.165) is 42.4 Å². The number of allylic oxidation sites excluding steroid dienone is 1. The largest absolute Gasteiger partial charge is 0.318 e. The molecule has 1 heterocycles. The number of benzene rings is 4. The van der Waals surface area contributed by atoms with Crippen LogP contribution in [0.4, 0.5) is 4.39 Å². The lowest BCUT2D eigenvalue weighted by Gasteiger charge is -2.37. The van der Waals surface area contributed by atoms with Gasteiger partial charge >= 0.3 is 0 Å². The highest BCUT2D eigenvalue weighted by Gasteiger charge is 2.38. The number of hydrogen-bond donors (Lipinski definition) is 0. The van der Waals surface area contributed by atoms with Gasteiger partial charge in [-0.25, -0.2) is 9.37 Å². The molecule has 1 aliphatic carbocycles. The van der Waals surface area contributed by atoms with Crippen LogP contribution in [0.3, 0.4) is 0 Å². The van der Waals surface area contributed by atoms with Crippen LogP contribution >= 0.6 is 0 Å². The van der Waals surface area contributed by atoms with E-state index in [9.17, 15) is 4.79 Å². The maximum atomic E-state index is 15.3. The zero-order chi connectivity index (χ0) is 28.1. The quantitative estimate of drug-likeness (QED) is 0.146. The Morgan fingerprint density at radius 1 is 0.756 bits per heavy atom. The average Bonchev–Trinajstić information content (AvgIpc) is 3.53. The minimum absolute atomic E-state index is 0.0395. The topological polar surface area (TPSA) is 34.9 Å². The summed E-state index contributed by atoms with van der Waals surface area (Å²) < 4.78 is 17.4. The summed E-state index contributed by atoms with van der Waals surface area (Å²) in [5, 5.41) is 0. The standard InChI is InChI=1S/C37H33FN2O/c38-34-23-13-22-33(32(34)24-25-36(41)28-14-5-1-6-15-28)35-26-40(27-39-35)37(29-16-7-2-8-17-29,30-18-9-3-10-19-30)31-20-11-4-12-21-31/h2-4,7-13,16-28H,1,5-6,14-15H2/b25-24+. The summed E-state index contributed by atoms with van der Waals surface area (Å²) >= 11 is 0. The van der Waals surface area contributed by atoms with Gasteiger partial charge in [-0.3, -0.25) is 4.79 Å². The smallest absolute Gasteiger partial charge is 0.158 e. The maximum Gasteiger partial charge on any atom is 0.158 e. The zero-order valence-corrected chi connectivity index (χ0v) is 23.0. The highest BCUT2D eigenvalue weighted by molar-refractivity contribution is 5.96. The number of imidazole rings is 1. The molecule has 0 amide bonds.